The Labute approximate surface area is 174 Å². The lowest BCUT2D eigenvalue weighted by atomic mass is 10.1. The Hall–Kier alpha value is -3.67. The van der Waals surface area contributed by atoms with Gasteiger partial charge < -0.3 is 14.0 Å². The van der Waals surface area contributed by atoms with Gasteiger partial charge in [-0.15, -0.1) is 0 Å². The first kappa shape index (κ1) is 21.0. The molecule has 3 rings (SSSR count). The van der Waals surface area contributed by atoms with Gasteiger partial charge in [0.15, 0.2) is 5.78 Å². The molecule has 2 aromatic carbocycles. The number of allylic oxidation sites excluding steroid dienone is 1. The van der Waals surface area contributed by atoms with Crippen molar-refractivity contribution < 1.29 is 23.9 Å². The van der Waals surface area contributed by atoms with Gasteiger partial charge in [0.2, 0.25) is 5.78 Å². The molecule has 6 heteroatoms. The summed E-state index contributed by atoms with van der Waals surface area (Å²) in [5, 5.41) is 0.992. The molecule has 0 fully saturated rings. The molecule has 0 atom stereocenters. The maximum Gasteiger partial charge on any atom is 0.375 e. The number of esters is 1. The van der Waals surface area contributed by atoms with Crippen molar-refractivity contribution >= 4 is 34.5 Å². The summed E-state index contributed by atoms with van der Waals surface area (Å²) in [6, 6.07) is 15.7. The van der Waals surface area contributed by atoms with Gasteiger partial charge in [-0.1, -0.05) is 30.3 Å². The summed E-state index contributed by atoms with van der Waals surface area (Å²) in [6.45, 7) is 2.37. The summed E-state index contributed by atoms with van der Waals surface area (Å²) < 4.78 is 11.9. The van der Waals surface area contributed by atoms with E-state index in [1.807, 2.05) is 54.7 Å². The first-order valence-electron chi connectivity index (χ1n) is 9.63. The molecule has 154 valence electrons. The predicted octanol–water partition coefficient (Wildman–Crippen LogP) is 3.80. The van der Waals surface area contributed by atoms with E-state index in [0.29, 0.717) is 6.54 Å². The van der Waals surface area contributed by atoms with Crippen LogP contribution < -0.4 is 4.74 Å². The Bertz CT molecular complexity index is 1090. The van der Waals surface area contributed by atoms with Crippen LogP contribution in [-0.2, 0) is 25.7 Å². The quantitative estimate of drug-likeness (QED) is 0.234. The number of hydrogen-bond acceptors (Lipinski definition) is 5. The number of Topliss-reactive ketones (excluding diaryl/α,β-unsaturated/α-hetero) is 1. The second-order valence-electron chi connectivity index (χ2n) is 6.70. The van der Waals surface area contributed by atoms with Crippen molar-refractivity contribution in [3.8, 4) is 5.75 Å². The van der Waals surface area contributed by atoms with Gasteiger partial charge in [-0.2, -0.15) is 0 Å². The largest absolute Gasteiger partial charge is 0.497 e. The molecule has 0 amide bonds. The minimum absolute atomic E-state index is 0.0995. The van der Waals surface area contributed by atoms with Crippen molar-refractivity contribution in [2.24, 2.45) is 0 Å². The number of fused-ring (bicyclic) bond motifs is 1. The molecular weight excluding hydrogens is 382 g/mol. The van der Waals surface area contributed by atoms with Crippen LogP contribution in [0.3, 0.4) is 0 Å². The van der Waals surface area contributed by atoms with Gasteiger partial charge in [0.05, 0.1) is 20.1 Å². The fourth-order valence-electron chi connectivity index (χ4n) is 3.15. The highest BCUT2D eigenvalue weighted by Gasteiger charge is 2.17. The average molecular weight is 405 g/mol. The van der Waals surface area contributed by atoms with Crippen molar-refractivity contribution in [3.05, 3.63) is 71.9 Å². The molecule has 0 bridgehead atoms. The van der Waals surface area contributed by atoms with Gasteiger partial charge in [-0.3, -0.25) is 9.59 Å². The first-order valence-corrected chi connectivity index (χ1v) is 9.63. The van der Waals surface area contributed by atoms with E-state index in [1.165, 1.54) is 6.08 Å². The highest BCUT2D eigenvalue weighted by molar-refractivity contribution is 6.37. The number of nitrogens with zero attached hydrogens (tertiary/aromatic N) is 1. The van der Waals surface area contributed by atoms with E-state index in [2.05, 4.69) is 9.30 Å². The summed E-state index contributed by atoms with van der Waals surface area (Å²) in [7, 11) is 1.63. The van der Waals surface area contributed by atoms with E-state index < -0.39 is 24.0 Å². The van der Waals surface area contributed by atoms with Crippen LogP contribution in [0.25, 0.3) is 17.0 Å². The average Bonchev–Trinajstić information content (AvgIpc) is 3.10. The maximum absolute atomic E-state index is 12.1. The molecule has 0 saturated heterocycles. The molecule has 0 aliphatic carbocycles. The minimum atomic E-state index is -0.977. The minimum Gasteiger partial charge on any atom is -0.497 e. The topological polar surface area (TPSA) is 74.6 Å². The molecule has 3 aromatic rings. The van der Waals surface area contributed by atoms with Crippen molar-refractivity contribution in [1.82, 2.24) is 4.57 Å². The van der Waals surface area contributed by atoms with Gasteiger partial charge in [-0.25, -0.2) is 4.79 Å². The van der Waals surface area contributed by atoms with Gasteiger partial charge in [-0.05, 0) is 42.8 Å². The number of hydrogen-bond donors (Lipinski definition) is 0. The first-order chi connectivity index (χ1) is 14.5. The number of benzene rings is 2. The number of para-hydroxylation sites is 1. The highest BCUT2D eigenvalue weighted by Crippen LogP contribution is 2.24. The van der Waals surface area contributed by atoms with Crippen LogP contribution in [0.4, 0.5) is 0 Å². The predicted molar refractivity (Wildman–Crippen MR) is 114 cm³/mol. The van der Waals surface area contributed by atoms with E-state index in [4.69, 9.17) is 4.74 Å². The fraction of sp³-hybridized carbons (Fsp3) is 0.208. The zero-order valence-electron chi connectivity index (χ0n) is 17.0. The van der Waals surface area contributed by atoms with Gasteiger partial charge >= 0.3 is 5.97 Å². The Kier molecular flexibility index (Phi) is 6.80. The summed E-state index contributed by atoms with van der Waals surface area (Å²) in [5.41, 5.74) is 3.00. The summed E-state index contributed by atoms with van der Waals surface area (Å²) in [6.07, 6.45) is 4.47. The number of carbonyl (C=O) groups is 3. The van der Waals surface area contributed by atoms with Crippen LogP contribution in [0.1, 0.15) is 24.5 Å². The SMILES string of the molecule is CCOC(=O)C(=O)CC(=O)/C=C/c1cn(Cc2ccc(OC)cc2)c2ccccc12. The molecular formula is C24H23NO5. The molecule has 0 aliphatic heterocycles. The third kappa shape index (κ3) is 5.03. The van der Waals surface area contributed by atoms with E-state index >= 15 is 0 Å². The fourth-order valence-corrected chi connectivity index (χ4v) is 3.15. The van der Waals surface area contributed by atoms with Crippen LogP contribution >= 0.6 is 0 Å². The molecule has 0 unspecified atom stereocenters. The molecule has 30 heavy (non-hydrogen) atoms. The molecule has 0 radical (unpaired) electrons. The zero-order valence-corrected chi connectivity index (χ0v) is 17.0. The Morgan fingerprint density at radius 3 is 2.47 bits per heavy atom. The summed E-state index contributed by atoms with van der Waals surface area (Å²) in [5.74, 6) is -1.46. The Morgan fingerprint density at radius 2 is 1.77 bits per heavy atom. The monoisotopic (exact) mass is 405 g/mol. The standard InChI is InChI=1S/C24H23NO5/c1-3-30-24(28)23(27)14-19(26)11-10-18-16-25(22-7-5-4-6-21(18)22)15-17-8-12-20(29-2)13-9-17/h4-13,16H,3,14-15H2,1-2H3/b11-10+. The van der Waals surface area contributed by atoms with E-state index in [-0.39, 0.29) is 6.61 Å². The van der Waals surface area contributed by atoms with Crippen LogP contribution in [-0.4, -0.2) is 35.8 Å². The van der Waals surface area contributed by atoms with E-state index in [1.54, 1.807) is 20.1 Å². The Balaban J connectivity index is 1.79. The number of methoxy groups -OCH3 is 1. The number of rotatable bonds is 9. The van der Waals surface area contributed by atoms with Crippen LogP contribution in [0.2, 0.25) is 0 Å². The van der Waals surface area contributed by atoms with Crippen molar-refractivity contribution in [2.45, 2.75) is 19.9 Å². The third-order valence-corrected chi connectivity index (χ3v) is 4.62. The molecule has 0 N–H and O–H groups in total. The van der Waals surface area contributed by atoms with Crippen molar-refractivity contribution in [2.75, 3.05) is 13.7 Å². The summed E-state index contributed by atoms with van der Waals surface area (Å²) in [4.78, 5) is 35.2. The number of carbonyl (C=O) groups excluding carboxylic acids is 3. The third-order valence-electron chi connectivity index (χ3n) is 4.62. The lowest BCUT2D eigenvalue weighted by molar-refractivity contribution is -0.154. The number of ketones is 2. The number of ether oxygens (including phenoxy) is 2. The zero-order chi connectivity index (χ0) is 21.5. The molecule has 6 nitrogen and oxygen atoms in total. The van der Waals surface area contributed by atoms with E-state index in [9.17, 15) is 14.4 Å². The summed E-state index contributed by atoms with van der Waals surface area (Å²) >= 11 is 0. The highest BCUT2D eigenvalue weighted by atomic mass is 16.5. The normalized spacial score (nSPS) is 11.0. The van der Waals surface area contributed by atoms with Crippen molar-refractivity contribution in [3.63, 3.8) is 0 Å². The van der Waals surface area contributed by atoms with Crippen molar-refractivity contribution in [1.29, 1.82) is 0 Å². The van der Waals surface area contributed by atoms with Gasteiger partial charge in [0.1, 0.15) is 5.75 Å². The van der Waals surface area contributed by atoms with Crippen LogP contribution in [0, 0.1) is 0 Å². The molecule has 1 aromatic heterocycles. The Morgan fingerprint density at radius 1 is 1.03 bits per heavy atom. The molecule has 0 aliphatic rings. The second-order valence-corrected chi connectivity index (χ2v) is 6.70. The van der Waals surface area contributed by atoms with Crippen LogP contribution in [0.5, 0.6) is 5.75 Å². The van der Waals surface area contributed by atoms with Gasteiger partial charge in [0, 0.05) is 29.2 Å². The number of aromatic nitrogens is 1. The van der Waals surface area contributed by atoms with E-state index in [0.717, 1.165) is 27.8 Å². The molecule has 0 spiro atoms. The molecule has 0 saturated carbocycles. The lowest BCUT2D eigenvalue weighted by Crippen LogP contribution is -2.19. The maximum atomic E-state index is 12.1. The second kappa shape index (κ2) is 9.69. The smallest absolute Gasteiger partial charge is 0.375 e. The van der Waals surface area contributed by atoms with Crippen LogP contribution in [0.15, 0.2) is 60.8 Å². The van der Waals surface area contributed by atoms with Gasteiger partial charge in [0.25, 0.3) is 0 Å². The lowest BCUT2D eigenvalue weighted by Gasteiger charge is -2.06. The molecule has 1 heterocycles.